The van der Waals surface area contributed by atoms with Gasteiger partial charge in [0.15, 0.2) is 5.11 Å². The zero-order valence-electron chi connectivity index (χ0n) is 6.90. The highest BCUT2D eigenvalue weighted by Gasteiger charge is 2.05. The standard InChI is InChI=1S/C8H8Cl2N2S/c1-11-8(13)12-7-5(9)3-2-4-6(7)10/h2-4H,1H3,(H2,11,12,13). The third-order valence-electron chi connectivity index (χ3n) is 1.43. The van der Waals surface area contributed by atoms with E-state index < -0.39 is 0 Å². The zero-order chi connectivity index (χ0) is 9.84. The predicted molar refractivity (Wildman–Crippen MR) is 61.7 cm³/mol. The van der Waals surface area contributed by atoms with E-state index in [9.17, 15) is 0 Å². The number of para-hydroxylation sites is 1. The summed E-state index contributed by atoms with van der Waals surface area (Å²) in [6, 6.07) is 5.26. The summed E-state index contributed by atoms with van der Waals surface area (Å²) in [5.74, 6) is 0. The van der Waals surface area contributed by atoms with Crippen LogP contribution in [0.3, 0.4) is 0 Å². The minimum absolute atomic E-state index is 0.481. The first kappa shape index (κ1) is 10.6. The first-order valence-corrected chi connectivity index (χ1v) is 4.74. The van der Waals surface area contributed by atoms with Crippen molar-refractivity contribution >= 4 is 46.2 Å². The summed E-state index contributed by atoms with van der Waals surface area (Å²) < 4.78 is 0. The Morgan fingerprint density at radius 2 is 1.85 bits per heavy atom. The van der Waals surface area contributed by atoms with E-state index in [1.54, 1.807) is 25.2 Å². The molecule has 0 aliphatic carbocycles. The molecule has 0 unspecified atom stereocenters. The van der Waals surface area contributed by atoms with E-state index in [4.69, 9.17) is 35.4 Å². The molecular formula is C8H8Cl2N2S. The predicted octanol–water partition coefficient (Wildman–Crippen LogP) is 2.91. The highest BCUT2D eigenvalue weighted by Crippen LogP contribution is 2.29. The van der Waals surface area contributed by atoms with Crippen LogP contribution in [0.4, 0.5) is 5.69 Å². The topological polar surface area (TPSA) is 24.1 Å². The Morgan fingerprint density at radius 1 is 1.31 bits per heavy atom. The van der Waals surface area contributed by atoms with Gasteiger partial charge >= 0.3 is 0 Å². The molecule has 5 heteroatoms. The third-order valence-corrected chi connectivity index (χ3v) is 2.36. The van der Waals surface area contributed by atoms with Crippen LogP contribution in [0.15, 0.2) is 18.2 Å². The number of thiocarbonyl (C=S) groups is 1. The fraction of sp³-hybridized carbons (Fsp3) is 0.125. The summed E-state index contributed by atoms with van der Waals surface area (Å²) in [5, 5.41) is 7.23. The van der Waals surface area contributed by atoms with Gasteiger partial charge in [-0.2, -0.15) is 0 Å². The molecule has 2 N–H and O–H groups in total. The van der Waals surface area contributed by atoms with Gasteiger partial charge in [-0.05, 0) is 24.4 Å². The molecule has 2 nitrogen and oxygen atoms in total. The first-order valence-electron chi connectivity index (χ1n) is 3.58. The molecule has 0 fully saturated rings. The van der Waals surface area contributed by atoms with Gasteiger partial charge < -0.3 is 10.6 Å². The SMILES string of the molecule is CNC(=S)Nc1c(Cl)cccc1Cl. The Morgan fingerprint density at radius 3 is 2.31 bits per heavy atom. The van der Waals surface area contributed by atoms with Crippen LogP contribution in [-0.2, 0) is 0 Å². The Hall–Kier alpha value is -0.510. The first-order chi connectivity index (χ1) is 6.15. The number of hydrogen-bond acceptors (Lipinski definition) is 1. The fourth-order valence-electron chi connectivity index (χ4n) is 0.793. The second-order valence-corrected chi connectivity index (χ2v) is 3.52. The molecule has 0 saturated carbocycles. The molecule has 0 heterocycles. The minimum atomic E-state index is 0.481. The number of anilines is 1. The van der Waals surface area contributed by atoms with Crippen molar-refractivity contribution in [3.8, 4) is 0 Å². The van der Waals surface area contributed by atoms with Gasteiger partial charge in [-0.15, -0.1) is 0 Å². The van der Waals surface area contributed by atoms with E-state index >= 15 is 0 Å². The molecule has 0 amide bonds. The molecule has 70 valence electrons. The molecule has 13 heavy (non-hydrogen) atoms. The van der Waals surface area contributed by atoms with Crippen molar-refractivity contribution in [3.63, 3.8) is 0 Å². The lowest BCUT2D eigenvalue weighted by Crippen LogP contribution is -2.24. The molecule has 0 saturated heterocycles. The van der Waals surface area contributed by atoms with E-state index in [1.807, 2.05) is 0 Å². The van der Waals surface area contributed by atoms with E-state index in [0.29, 0.717) is 20.8 Å². The molecule has 0 aliphatic heterocycles. The number of halogens is 2. The highest BCUT2D eigenvalue weighted by molar-refractivity contribution is 7.80. The Balaban J connectivity index is 2.93. The van der Waals surface area contributed by atoms with Gasteiger partial charge in [-0.25, -0.2) is 0 Å². The maximum Gasteiger partial charge on any atom is 0.170 e. The Kier molecular flexibility index (Phi) is 3.78. The maximum atomic E-state index is 5.90. The van der Waals surface area contributed by atoms with Crippen molar-refractivity contribution in [3.05, 3.63) is 28.2 Å². The van der Waals surface area contributed by atoms with Crippen LogP contribution < -0.4 is 10.6 Å². The van der Waals surface area contributed by atoms with Crippen molar-refractivity contribution in [2.45, 2.75) is 0 Å². The molecule has 0 atom stereocenters. The maximum absolute atomic E-state index is 5.90. The minimum Gasteiger partial charge on any atom is -0.366 e. The number of benzene rings is 1. The normalized spacial score (nSPS) is 9.46. The fourth-order valence-corrected chi connectivity index (χ4v) is 1.39. The van der Waals surface area contributed by atoms with Gasteiger partial charge in [0, 0.05) is 7.05 Å². The number of rotatable bonds is 1. The number of hydrogen-bond donors (Lipinski definition) is 2. The molecule has 1 aromatic carbocycles. The molecule has 0 aromatic heterocycles. The second-order valence-electron chi connectivity index (χ2n) is 2.30. The van der Waals surface area contributed by atoms with E-state index in [0.717, 1.165) is 0 Å². The van der Waals surface area contributed by atoms with Crippen molar-refractivity contribution in [2.24, 2.45) is 0 Å². The summed E-state index contributed by atoms with van der Waals surface area (Å²) in [5.41, 5.74) is 0.630. The van der Waals surface area contributed by atoms with Gasteiger partial charge in [0.25, 0.3) is 0 Å². The molecule has 0 radical (unpaired) electrons. The molecular weight excluding hydrogens is 227 g/mol. The van der Waals surface area contributed by atoms with Crippen molar-refractivity contribution < 1.29 is 0 Å². The van der Waals surface area contributed by atoms with Crippen LogP contribution >= 0.6 is 35.4 Å². The number of nitrogens with one attached hydrogen (secondary N) is 2. The lowest BCUT2D eigenvalue weighted by atomic mass is 10.3. The highest BCUT2D eigenvalue weighted by atomic mass is 35.5. The van der Waals surface area contributed by atoms with Crippen LogP contribution in [0.25, 0.3) is 0 Å². The monoisotopic (exact) mass is 234 g/mol. The van der Waals surface area contributed by atoms with E-state index in [1.165, 1.54) is 0 Å². The van der Waals surface area contributed by atoms with Gasteiger partial charge in [0.05, 0.1) is 15.7 Å². The largest absolute Gasteiger partial charge is 0.366 e. The lowest BCUT2D eigenvalue weighted by molar-refractivity contribution is 1.20. The molecule has 0 bridgehead atoms. The zero-order valence-corrected chi connectivity index (χ0v) is 9.22. The van der Waals surface area contributed by atoms with Gasteiger partial charge in [-0.1, -0.05) is 29.3 Å². The Bertz CT molecular complexity index is 308. The van der Waals surface area contributed by atoms with Crippen LogP contribution in [0, 0.1) is 0 Å². The van der Waals surface area contributed by atoms with Gasteiger partial charge in [-0.3, -0.25) is 0 Å². The average molecular weight is 235 g/mol. The summed E-state index contributed by atoms with van der Waals surface area (Å²) >= 11 is 16.7. The van der Waals surface area contributed by atoms with Crippen LogP contribution in [0.5, 0.6) is 0 Å². The van der Waals surface area contributed by atoms with Crippen molar-refractivity contribution in [1.29, 1.82) is 0 Å². The Labute approximate surface area is 92.2 Å². The summed E-state index contributed by atoms with van der Waals surface area (Å²) in [7, 11) is 1.72. The van der Waals surface area contributed by atoms with Crippen molar-refractivity contribution in [2.75, 3.05) is 12.4 Å². The quantitative estimate of drug-likeness (QED) is 0.732. The van der Waals surface area contributed by atoms with E-state index in [-0.39, 0.29) is 0 Å². The average Bonchev–Trinajstić information content (AvgIpc) is 2.11. The molecule has 0 spiro atoms. The van der Waals surface area contributed by atoms with Crippen LogP contribution in [-0.4, -0.2) is 12.2 Å². The second kappa shape index (κ2) is 4.65. The van der Waals surface area contributed by atoms with Crippen LogP contribution in [0.1, 0.15) is 0 Å². The van der Waals surface area contributed by atoms with Gasteiger partial charge in [0.2, 0.25) is 0 Å². The summed E-state index contributed by atoms with van der Waals surface area (Å²) in [6.07, 6.45) is 0. The molecule has 0 aliphatic rings. The van der Waals surface area contributed by atoms with Crippen molar-refractivity contribution in [1.82, 2.24) is 5.32 Å². The smallest absolute Gasteiger partial charge is 0.170 e. The summed E-state index contributed by atoms with van der Waals surface area (Å²) in [4.78, 5) is 0. The lowest BCUT2D eigenvalue weighted by Gasteiger charge is -2.09. The molecule has 1 rings (SSSR count). The molecule has 1 aromatic rings. The van der Waals surface area contributed by atoms with E-state index in [2.05, 4.69) is 10.6 Å². The van der Waals surface area contributed by atoms with Crippen LogP contribution in [0.2, 0.25) is 10.0 Å². The van der Waals surface area contributed by atoms with Gasteiger partial charge in [0.1, 0.15) is 0 Å². The third kappa shape index (κ3) is 2.72. The summed E-state index contributed by atoms with van der Waals surface area (Å²) in [6.45, 7) is 0.